The Morgan fingerprint density at radius 1 is 1.50 bits per heavy atom. The highest BCUT2D eigenvalue weighted by Crippen LogP contribution is 2.13. The molecular formula is C9H10N6O2S. The lowest BCUT2D eigenvalue weighted by atomic mass is 10.3. The second-order valence-corrected chi connectivity index (χ2v) is 4.29. The fourth-order valence-electron chi connectivity index (χ4n) is 1.21. The maximum Gasteiger partial charge on any atom is 0.341 e. The van der Waals surface area contributed by atoms with Crippen LogP contribution in [0.2, 0.25) is 0 Å². The molecule has 9 heteroatoms. The summed E-state index contributed by atoms with van der Waals surface area (Å²) < 4.78 is 0. The number of aromatic carboxylic acids is 1. The van der Waals surface area contributed by atoms with Crippen molar-refractivity contribution < 1.29 is 9.90 Å². The molecule has 0 atom stereocenters. The second-order valence-electron chi connectivity index (χ2n) is 3.17. The van der Waals surface area contributed by atoms with Crippen molar-refractivity contribution in [2.24, 2.45) is 0 Å². The van der Waals surface area contributed by atoms with E-state index in [0.29, 0.717) is 12.4 Å². The number of hydrogen-bond acceptors (Lipinski definition) is 7. The zero-order valence-electron chi connectivity index (χ0n) is 9.20. The average molecular weight is 266 g/mol. The van der Waals surface area contributed by atoms with E-state index in [0.717, 1.165) is 10.8 Å². The van der Waals surface area contributed by atoms with Gasteiger partial charge in [0.15, 0.2) is 0 Å². The van der Waals surface area contributed by atoms with E-state index in [1.165, 1.54) is 24.3 Å². The fourth-order valence-corrected chi connectivity index (χ4v) is 1.86. The number of carboxylic acids is 1. The van der Waals surface area contributed by atoms with Crippen LogP contribution in [-0.4, -0.2) is 48.8 Å². The smallest absolute Gasteiger partial charge is 0.341 e. The van der Waals surface area contributed by atoms with Crippen LogP contribution in [0.5, 0.6) is 0 Å². The number of anilines is 1. The number of carboxylic acid groups (broad SMARTS) is 1. The van der Waals surface area contributed by atoms with Gasteiger partial charge >= 0.3 is 5.97 Å². The van der Waals surface area contributed by atoms with Gasteiger partial charge in [-0.1, -0.05) is 0 Å². The van der Waals surface area contributed by atoms with Crippen LogP contribution in [-0.2, 0) is 0 Å². The van der Waals surface area contributed by atoms with Crippen molar-refractivity contribution in [2.45, 2.75) is 5.03 Å². The minimum absolute atomic E-state index is 0.0592. The number of aromatic amines is 1. The molecule has 0 saturated carbocycles. The lowest BCUT2D eigenvalue weighted by molar-refractivity contribution is 0.0697. The highest BCUT2D eigenvalue weighted by atomic mass is 32.2. The van der Waals surface area contributed by atoms with E-state index in [1.807, 2.05) is 0 Å². The first-order valence-corrected chi connectivity index (χ1v) is 6.01. The van der Waals surface area contributed by atoms with Gasteiger partial charge in [0.25, 0.3) is 0 Å². The van der Waals surface area contributed by atoms with Crippen molar-refractivity contribution in [3.63, 3.8) is 0 Å². The molecule has 2 aromatic rings. The Kier molecular flexibility index (Phi) is 4.07. The molecule has 0 aliphatic heterocycles. The standard InChI is InChI=1S/C9H10N6O2S/c16-9(17)6-3-10-5-12-8(6)11-1-2-18-7-4-13-15-14-7/h3-5H,1-2H2,(H,16,17)(H,10,11,12)(H,13,14,15). The van der Waals surface area contributed by atoms with Crippen molar-refractivity contribution >= 4 is 23.5 Å². The summed E-state index contributed by atoms with van der Waals surface area (Å²) in [6.07, 6.45) is 4.19. The predicted molar refractivity (Wildman–Crippen MR) is 64.6 cm³/mol. The SMILES string of the molecule is O=C(O)c1cncnc1NCCSc1cn[nH]n1. The molecule has 18 heavy (non-hydrogen) atoms. The number of rotatable bonds is 6. The molecule has 0 fully saturated rings. The Morgan fingerprint density at radius 2 is 2.39 bits per heavy atom. The van der Waals surface area contributed by atoms with Gasteiger partial charge in [-0.15, -0.1) is 16.9 Å². The largest absolute Gasteiger partial charge is 0.477 e. The van der Waals surface area contributed by atoms with Gasteiger partial charge < -0.3 is 10.4 Å². The van der Waals surface area contributed by atoms with E-state index in [-0.39, 0.29) is 5.56 Å². The number of aromatic nitrogens is 5. The summed E-state index contributed by atoms with van der Waals surface area (Å²) in [5, 5.41) is 22.7. The predicted octanol–water partition coefficient (Wildman–Crippen LogP) is 0.497. The molecule has 3 N–H and O–H groups in total. The van der Waals surface area contributed by atoms with E-state index < -0.39 is 5.97 Å². The Morgan fingerprint density at radius 3 is 3.11 bits per heavy atom. The van der Waals surface area contributed by atoms with Crippen LogP contribution < -0.4 is 5.32 Å². The summed E-state index contributed by atoms with van der Waals surface area (Å²) in [4.78, 5) is 18.5. The summed E-state index contributed by atoms with van der Waals surface area (Å²) in [5.74, 6) is -0.0178. The summed E-state index contributed by atoms with van der Waals surface area (Å²) in [6, 6.07) is 0. The molecule has 0 spiro atoms. The Labute approximate surface area is 106 Å². The fraction of sp³-hybridized carbons (Fsp3) is 0.222. The Hall–Kier alpha value is -2.16. The number of nitrogens with zero attached hydrogens (tertiary/aromatic N) is 4. The maximum absolute atomic E-state index is 10.9. The number of carbonyl (C=O) groups is 1. The van der Waals surface area contributed by atoms with Gasteiger partial charge in [-0.25, -0.2) is 14.8 Å². The first-order valence-electron chi connectivity index (χ1n) is 5.03. The molecule has 94 valence electrons. The van der Waals surface area contributed by atoms with Gasteiger partial charge in [-0.05, 0) is 0 Å². The second kappa shape index (κ2) is 5.96. The molecule has 2 heterocycles. The number of thioether (sulfide) groups is 1. The maximum atomic E-state index is 10.9. The molecule has 0 radical (unpaired) electrons. The molecular weight excluding hydrogens is 256 g/mol. The molecule has 0 bridgehead atoms. The third-order valence-corrected chi connectivity index (χ3v) is 2.88. The van der Waals surface area contributed by atoms with Crippen molar-refractivity contribution in [1.82, 2.24) is 25.4 Å². The Bertz CT molecular complexity index is 518. The van der Waals surface area contributed by atoms with Crippen molar-refractivity contribution in [3.05, 3.63) is 24.3 Å². The number of hydrogen-bond donors (Lipinski definition) is 3. The minimum Gasteiger partial charge on any atom is -0.477 e. The van der Waals surface area contributed by atoms with E-state index in [4.69, 9.17) is 5.11 Å². The molecule has 2 rings (SSSR count). The molecule has 2 aromatic heterocycles. The molecule has 0 aliphatic carbocycles. The lowest BCUT2D eigenvalue weighted by Gasteiger charge is -2.06. The van der Waals surface area contributed by atoms with Crippen LogP contribution in [0.1, 0.15) is 10.4 Å². The number of nitrogens with one attached hydrogen (secondary N) is 2. The summed E-state index contributed by atoms with van der Waals surface area (Å²) in [6.45, 7) is 0.564. The van der Waals surface area contributed by atoms with Gasteiger partial charge in [0.2, 0.25) is 0 Å². The molecule has 0 unspecified atom stereocenters. The summed E-state index contributed by atoms with van der Waals surface area (Å²) in [7, 11) is 0. The van der Waals surface area contributed by atoms with Crippen molar-refractivity contribution in [2.75, 3.05) is 17.6 Å². The van der Waals surface area contributed by atoms with E-state index in [9.17, 15) is 4.79 Å². The van der Waals surface area contributed by atoms with Gasteiger partial charge in [-0.2, -0.15) is 10.3 Å². The van der Waals surface area contributed by atoms with E-state index in [1.54, 1.807) is 6.20 Å². The first kappa shape index (κ1) is 12.3. The Balaban J connectivity index is 1.85. The van der Waals surface area contributed by atoms with Crippen LogP contribution >= 0.6 is 11.8 Å². The van der Waals surface area contributed by atoms with Gasteiger partial charge in [0.1, 0.15) is 22.7 Å². The lowest BCUT2D eigenvalue weighted by Crippen LogP contribution is -2.11. The third kappa shape index (κ3) is 3.17. The van der Waals surface area contributed by atoms with Crippen molar-refractivity contribution in [3.8, 4) is 0 Å². The topological polar surface area (TPSA) is 117 Å². The normalized spacial score (nSPS) is 10.2. The highest BCUT2D eigenvalue weighted by Gasteiger charge is 2.10. The molecule has 0 amide bonds. The van der Waals surface area contributed by atoms with Crippen LogP contribution in [0.25, 0.3) is 0 Å². The van der Waals surface area contributed by atoms with Crippen LogP contribution in [0, 0.1) is 0 Å². The third-order valence-electron chi connectivity index (χ3n) is 1.98. The average Bonchev–Trinajstić information content (AvgIpc) is 2.88. The minimum atomic E-state index is -1.05. The zero-order chi connectivity index (χ0) is 12.8. The monoisotopic (exact) mass is 266 g/mol. The van der Waals surface area contributed by atoms with Crippen LogP contribution in [0.3, 0.4) is 0 Å². The van der Waals surface area contributed by atoms with Gasteiger partial charge in [0.05, 0.1) is 6.20 Å². The van der Waals surface area contributed by atoms with Crippen LogP contribution in [0.15, 0.2) is 23.7 Å². The van der Waals surface area contributed by atoms with Crippen molar-refractivity contribution in [1.29, 1.82) is 0 Å². The highest BCUT2D eigenvalue weighted by molar-refractivity contribution is 7.99. The first-order chi connectivity index (χ1) is 8.77. The molecule has 0 aliphatic rings. The van der Waals surface area contributed by atoms with E-state index >= 15 is 0 Å². The van der Waals surface area contributed by atoms with Gasteiger partial charge in [0, 0.05) is 18.5 Å². The summed E-state index contributed by atoms with van der Waals surface area (Å²) in [5.41, 5.74) is 0.0592. The quantitative estimate of drug-likeness (QED) is 0.511. The summed E-state index contributed by atoms with van der Waals surface area (Å²) >= 11 is 1.50. The number of H-pyrrole nitrogens is 1. The van der Waals surface area contributed by atoms with E-state index in [2.05, 4.69) is 30.7 Å². The molecule has 0 aromatic carbocycles. The molecule has 0 saturated heterocycles. The van der Waals surface area contributed by atoms with Crippen LogP contribution in [0.4, 0.5) is 5.82 Å². The zero-order valence-corrected chi connectivity index (χ0v) is 10.0. The molecule has 8 nitrogen and oxygen atoms in total. The van der Waals surface area contributed by atoms with Gasteiger partial charge in [-0.3, -0.25) is 0 Å².